The molecule has 0 aromatic heterocycles. The molecule has 4 fully saturated rings. The number of rotatable bonds is 13. The normalized spacial score (nSPS) is 26.9. The number of amides is 2. The summed E-state index contributed by atoms with van der Waals surface area (Å²) in [6.07, 6.45) is 3.26. The average Bonchev–Trinajstić information content (AvgIpc) is 3.30. The fourth-order valence-electron chi connectivity index (χ4n) is 7.22. The van der Waals surface area contributed by atoms with Crippen LogP contribution in [0.25, 0.3) is 0 Å². The molecule has 3 saturated carbocycles. The van der Waals surface area contributed by atoms with Crippen LogP contribution >= 0.6 is 11.6 Å². The lowest BCUT2D eigenvalue weighted by Gasteiger charge is -2.64. The van der Waals surface area contributed by atoms with Gasteiger partial charge in [-0.3, -0.25) is 15.0 Å². The molecule has 7 atom stereocenters. The molecule has 1 saturated heterocycles. The maximum atomic E-state index is 13.9. The van der Waals surface area contributed by atoms with E-state index in [0.717, 1.165) is 18.4 Å². The third-order valence-electron chi connectivity index (χ3n) is 9.92. The van der Waals surface area contributed by atoms with E-state index >= 15 is 0 Å². The Morgan fingerprint density at radius 3 is 2.43 bits per heavy atom. The number of hydrogen-bond donors (Lipinski definition) is 5. The van der Waals surface area contributed by atoms with Crippen LogP contribution in [0.3, 0.4) is 0 Å². The third kappa shape index (κ3) is 7.48. The number of hydrogen-bond acceptors (Lipinski definition) is 7. The summed E-state index contributed by atoms with van der Waals surface area (Å²) in [6.45, 7) is 12.9. The molecular formula is C30H46BClN6O6. The van der Waals surface area contributed by atoms with Crippen LogP contribution in [0.2, 0.25) is 5.02 Å². The Kier molecular flexibility index (Phi) is 10.5. The second-order valence-electron chi connectivity index (χ2n) is 13.7. The van der Waals surface area contributed by atoms with Crippen molar-refractivity contribution in [3.8, 4) is 0 Å². The Morgan fingerprint density at radius 1 is 1.14 bits per heavy atom. The number of carbonyl (C=O) groups excluding carboxylic acids is 2. The molecule has 14 heteroatoms. The molecule has 1 unspecified atom stereocenters. The molecule has 1 aromatic carbocycles. The van der Waals surface area contributed by atoms with Gasteiger partial charge in [0.2, 0.25) is 11.8 Å². The van der Waals surface area contributed by atoms with Gasteiger partial charge in [-0.2, -0.15) is 0 Å². The Hall–Kier alpha value is -2.90. The summed E-state index contributed by atoms with van der Waals surface area (Å²) in [5, 5.41) is 26.6. The van der Waals surface area contributed by atoms with Crippen LogP contribution in [-0.4, -0.2) is 60.2 Å². The van der Waals surface area contributed by atoms with Crippen molar-refractivity contribution in [3.63, 3.8) is 0 Å². The fraction of sp³-hybridized carbons (Fsp3) is 0.700. The van der Waals surface area contributed by atoms with Gasteiger partial charge in [0, 0.05) is 11.6 Å². The molecule has 1 aliphatic heterocycles. The van der Waals surface area contributed by atoms with Crippen LogP contribution < -0.4 is 21.4 Å². The summed E-state index contributed by atoms with van der Waals surface area (Å²) in [4.78, 5) is 37.8. The minimum Gasteiger partial charge on any atom is -0.404 e. The van der Waals surface area contributed by atoms with Crippen molar-refractivity contribution in [3.05, 3.63) is 45.0 Å². The first-order valence-electron chi connectivity index (χ1n) is 15.5. The Labute approximate surface area is 264 Å². The number of hydrazine groups is 1. The summed E-state index contributed by atoms with van der Waals surface area (Å²) < 4.78 is 13.2. The smallest absolute Gasteiger partial charge is 0.404 e. The first-order valence-corrected chi connectivity index (χ1v) is 15.9. The second kappa shape index (κ2) is 13.6. The lowest BCUT2D eigenvalue weighted by atomic mass is 9.43. The molecule has 1 aromatic rings. The quantitative estimate of drug-likeness (QED) is 0.0546. The molecule has 0 spiro atoms. The predicted molar refractivity (Wildman–Crippen MR) is 168 cm³/mol. The largest absolute Gasteiger partial charge is 0.481 e. The van der Waals surface area contributed by atoms with E-state index in [1.54, 1.807) is 36.6 Å². The van der Waals surface area contributed by atoms with Gasteiger partial charge < -0.3 is 25.3 Å². The summed E-state index contributed by atoms with van der Waals surface area (Å²) >= 11 is 6.02. The highest BCUT2D eigenvalue weighted by Crippen LogP contribution is 2.65. The Bertz CT molecular complexity index is 1230. The number of carbonyl (C=O) groups is 2. The second-order valence-corrected chi connectivity index (χ2v) is 14.2. The average molecular weight is 633 g/mol. The topological polar surface area (TPSA) is 168 Å². The maximum Gasteiger partial charge on any atom is 0.481 e. The molecule has 2 amide bonds. The zero-order valence-electron chi connectivity index (χ0n) is 26.4. The summed E-state index contributed by atoms with van der Waals surface area (Å²) in [6, 6.07) is 6.09. The van der Waals surface area contributed by atoms with E-state index in [1.165, 1.54) is 0 Å². The van der Waals surface area contributed by atoms with Crippen molar-refractivity contribution in [1.29, 1.82) is 5.41 Å². The van der Waals surface area contributed by atoms with Crippen molar-refractivity contribution < 1.29 is 23.9 Å². The van der Waals surface area contributed by atoms with E-state index in [4.69, 9.17) is 26.3 Å². The minimum absolute atomic E-state index is 0.0271. The maximum absolute atomic E-state index is 13.9. The number of nitrogens with zero attached hydrogens (tertiary/aromatic N) is 1. The predicted octanol–water partition coefficient (Wildman–Crippen LogP) is 3.81. The van der Waals surface area contributed by atoms with Crippen LogP contribution in [0.5, 0.6) is 0 Å². The van der Waals surface area contributed by atoms with E-state index in [0.29, 0.717) is 29.7 Å². The zero-order chi connectivity index (χ0) is 32.4. The molecule has 12 nitrogen and oxygen atoms in total. The number of guanidine groups is 1. The molecule has 5 rings (SSSR count). The monoisotopic (exact) mass is 632 g/mol. The van der Waals surface area contributed by atoms with Gasteiger partial charge in [0.25, 0.3) is 5.96 Å². The first kappa shape index (κ1) is 34.0. The van der Waals surface area contributed by atoms with E-state index in [-0.39, 0.29) is 42.2 Å². The van der Waals surface area contributed by atoms with E-state index in [1.807, 2.05) is 0 Å². The van der Waals surface area contributed by atoms with Gasteiger partial charge >= 0.3 is 7.12 Å². The van der Waals surface area contributed by atoms with Crippen LogP contribution in [0.4, 0.5) is 0 Å². The molecule has 44 heavy (non-hydrogen) atoms. The van der Waals surface area contributed by atoms with Gasteiger partial charge in [0.15, 0.2) is 5.03 Å². The highest BCUT2D eigenvalue weighted by Gasteiger charge is 2.68. The van der Waals surface area contributed by atoms with Crippen molar-refractivity contribution in [1.82, 2.24) is 21.4 Å². The van der Waals surface area contributed by atoms with Gasteiger partial charge in [-0.05, 0) is 86.8 Å². The highest BCUT2D eigenvalue weighted by atomic mass is 35.5. The Morgan fingerprint density at radius 2 is 1.82 bits per heavy atom. The van der Waals surface area contributed by atoms with Gasteiger partial charge in [-0.15, -0.1) is 0 Å². The van der Waals surface area contributed by atoms with Crippen LogP contribution in [0.1, 0.15) is 85.1 Å². The van der Waals surface area contributed by atoms with Gasteiger partial charge in [0.1, 0.15) is 6.04 Å². The third-order valence-corrected chi connectivity index (χ3v) is 10.2. The number of nitro groups is 1. The van der Waals surface area contributed by atoms with Crippen LogP contribution in [0, 0.1) is 38.7 Å². The molecule has 1 heterocycles. The van der Waals surface area contributed by atoms with Crippen LogP contribution in [-0.2, 0) is 18.9 Å². The molecular weight excluding hydrogens is 587 g/mol. The van der Waals surface area contributed by atoms with Crippen LogP contribution in [0.15, 0.2) is 24.3 Å². The molecule has 5 N–H and O–H groups in total. The van der Waals surface area contributed by atoms with E-state index in [9.17, 15) is 19.7 Å². The number of halogens is 1. The SMILES string of the molecule is CC(C)C[C@H](NC(=O)[C@H](CCCNC(=N)N[N+](=O)[O-])NC(=O)C(C)c1ccc(Cl)cc1)B1O[C@@H]2C[C@@H]3C[C@@H](C3(C)C)[C@]2(C)O1. The van der Waals surface area contributed by atoms with Gasteiger partial charge in [-0.25, -0.2) is 10.1 Å². The van der Waals surface area contributed by atoms with E-state index < -0.39 is 41.6 Å². The molecule has 4 aliphatic rings. The summed E-state index contributed by atoms with van der Waals surface area (Å²) in [5.74, 6) is -0.867. The number of nitrogens with one attached hydrogen (secondary N) is 5. The Balaban J connectivity index is 1.46. The summed E-state index contributed by atoms with van der Waals surface area (Å²) in [7, 11) is -0.605. The van der Waals surface area contributed by atoms with Gasteiger partial charge in [0.05, 0.1) is 23.6 Å². The molecule has 2 bridgehead atoms. The van der Waals surface area contributed by atoms with E-state index in [2.05, 4.69) is 50.6 Å². The summed E-state index contributed by atoms with van der Waals surface area (Å²) in [5.41, 5.74) is 2.27. The molecule has 3 aliphatic carbocycles. The van der Waals surface area contributed by atoms with Crippen molar-refractivity contribution in [2.24, 2.45) is 23.2 Å². The van der Waals surface area contributed by atoms with Gasteiger partial charge in [-0.1, -0.05) is 56.9 Å². The number of benzene rings is 1. The zero-order valence-corrected chi connectivity index (χ0v) is 27.2. The molecule has 242 valence electrons. The van der Waals surface area contributed by atoms with Crippen molar-refractivity contribution in [2.75, 3.05) is 6.54 Å². The van der Waals surface area contributed by atoms with Crippen molar-refractivity contribution in [2.45, 2.75) is 103 Å². The first-order chi connectivity index (χ1) is 20.6. The van der Waals surface area contributed by atoms with Crippen molar-refractivity contribution >= 4 is 36.5 Å². The lowest BCUT2D eigenvalue weighted by molar-refractivity contribution is -0.525. The molecule has 0 radical (unpaired) electrons. The standard InChI is InChI=1S/C30H46BClN6O6/c1-17(2)14-25(31-43-24-16-20-15-23(29(20,4)5)30(24,6)44-31)36-27(40)22(8-7-13-34-28(33)37-38(41)42)35-26(39)18(3)19-9-11-21(32)12-10-19/h9-12,17-18,20,22-25H,7-8,13-16H2,1-6H3,(H,35,39)(H,36,40)(H3,33,34,37)/t18?,20-,22-,23-,24+,25-,30-/m0/s1. The highest BCUT2D eigenvalue weighted by molar-refractivity contribution is 6.48. The lowest BCUT2D eigenvalue weighted by Crippen LogP contribution is -2.65. The minimum atomic E-state index is -0.891. The fourth-order valence-corrected chi connectivity index (χ4v) is 7.35.